The minimum Gasteiger partial charge on any atom is -0.392 e. The van der Waals surface area contributed by atoms with Crippen LogP contribution >= 0.6 is 0 Å². The van der Waals surface area contributed by atoms with E-state index in [0.29, 0.717) is 12.0 Å². The van der Waals surface area contributed by atoms with Crippen LogP contribution in [0.3, 0.4) is 0 Å². The number of aliphatic hydroxyl groups is 1. The van der Waals surface area contributed by atoms with Crippen molar-refractivity contribution >= 4 is 0 Å². The molecule has 1 saturated carbocycles. The molecule has 2 atom stereocenters. The summed E-state index contributed by atoms with van der Waals surface area (Å²) in [5, 5.41) is 9.83. The second-order valence-corrected chi connectivity index (χ2v) is 4.58. The van der Waals surface area contributed by atoms with Gasteiger partial charge in [-0.05, 0) is 24.5 Å². The molecule has 1 aromatic carbocycles. The monoisotopic (exact) mass is 244 g/mol. The fourth-order valence-corrected chi connectivity index (χ4v) is 2.45. The Morgan fingerprint density at radius 2 is 1.82 bits per heavy atom. The van der Waals surface area contributed by atoms with Gasteiger partial charge in [0.1, 0.15) is 0 Å². The Balaban J connectivity index is 2.26. The number of hydrogen-bond acceptors (Lipinski definition) is 1. The molecule has 0 heterocycles. The molecule has 0 saturated heterocycles. The Labute approximate surface area is 98.3 Å². The van der Waals surface area contributed by atoms with Crippen LogP contribution in [0.15, 0.2) is 24.3 Å². The molecule has 2 rings (SSSR count). The third-order valence-electron chi connectivity index (χ3n) is 3.37. The molecule has 1 aliphatic carbocycles. The maximum Gasteiger partial charge on any atom is 0.416 e. The number of hydrogen-bond donors (Lipinski definition) is 1. The minimum atomic E-state index is -4.31. The van der Waals surface area contributed by atoms with E-state index >= 15 is 0 Å². The summed E-state index contributed by atoms with van der Waals surface area (Å²) in [4.78, 5) is 0. The first-order valence-corrected chi connectivity index (χ1v) is 5.84. The van der Waals surface area contributed by atoms with Crippen LogP contribution in [0.2, 0.25) is 0 Å². The summed E-state index contributed by atoms with van der Waals surface area (Å²) in [6.07, 6.45) is -1.44. The van der Waals surface area contributed by atoms with E-state index in [2.05, 4.69) is 0 Å². The van der Waals surface area contributed by atoms with Crippen molar-refractivity contribution in [3.8, 4) is 0 Å². The molecule has 4 heteroatoms. The van der Waals surface area contributed by atoms with Gasteiger partial charge >= 0.3 is 6.18 Å². The van der Waals surface area contributed by atoms with Crippen LogP contribution in [0, 0.1) is 0 Å². The lowest BCUT2D eigenvalue weighted by atomic mass is 9.81. The van der Waals surface area contributed by atoms with Crippen molar-refractivity contribution in [3.63, 3.8) is 0 Å². The summed E-state index contributed by atoms with van der Waals surface area (Å²) in [5.41, 5.74) is -0.0280. The summed E-state index contributed by atoms with van der Waals surface area (Å²) < 4.78 is 37.7. The standard InChI is InChI=1S/C13H15F3O/c14-13(15,16)10-5-3-4-9(8-10)11-6-1-2-7-12(11)17/h3-5,8,11-12,17H,1-2,6-7H2/t11-,12+/m1/s1. The van der Waals surface area contributed by atoms with E-state index in [1.165, 1.54) is 12.1 Å². The highest BCUT2D eigenvalue weighted by atomic mass is 19.4. The largest absolute Gasteiger partial charge is 0.416 e. The molecular formula is C13H15F3O. The lowest BCUT2D eigenvalue weighted by molar-refractivity contribution is -0.137. The van der Waals surface area contributed by atoms with Gasteiger partial charge in [-0.2, -0.15) is 13.2 Å². The maximum atomic E-state index is 12.6. The molecule has 17 heavy (non-hydrogen) atoms. The number of benzene rings is 1. The highest BCUT2D eigenvalue weighted by Gasteiger charge is 2.32. The zero-order chi connectivity index (χ0) is 12.5. The maximum absolute atomic E-state index is 12.6. The van der Waals surface area contributed by atoms with E-state index in [9.17, 15) is 18.3 Å². The van der Waals surface area contributed by atoms with E-state index in [-0.39, 0.29) is 5.92 Å². The zero-order valence-electron chi connectivity index (χ0n) is 9.37. The van der Waals surface area contributed by atoms with Crippen molar-refractivity contribution in [2.45, 2.75) is 43.9 Å². The molecule has 94 valence electrons. The van der Waals surface area contributed by atoms with Gasteiger partial charge < -0.3 is 5.11 Å². The summed E-state index contributed by atoms with van der Waals surface area (Å²) in [6.45, 7) is 0. The third kappa shape index (κ3) is 2.80. The van der Waals surface area contributed by atoms with E-state index in [4.69, 9.17) is 0 Å². The Morgan fingerprint density at radius 3 is 2.47 bits per heavy atom. The van der Waals surface area contributed by atoms with E-state index in [1.807, 2.05) is 0 Å². The van der Waals surface area contributed by atoms with E-state index in [1.54, 1.807) is 6.07 Å². The number of alkyl halides is 3. The molecule has 0 aromatic heterocycles. The second-order valence-electron chi connectivity index (χ2n) is 4.58. The molecule has 1 aliphatic rings. The van der Waals surface area contributed by atoms with Gasteiger partial charge in [0, 0.05) is 5.92 Å². The first-order chi connectivity index (χ1) is 7.98. The predicted octanol–water partition coefficient (Wildman–Crippen LogP) is 3.72. The quantitative estimate of drug-likeness (QED) is 0.798. The Morgan fingerprint density at radius 1 is 1.12 bits per heavy atom. The summed E-state index contributed by atoms with van der Waals surface area (Å²) >= 11 is 0. The molecule has 1 aromatic rings. The SMILES string of the molecule is O[C@H]1CCCC[C@@H]1c1cccc(C(F)(F)F)c1. The molecule has 0 bridgehead atoms. The Bertz CT molecular complexity index is 386. The molecule has 0 unspecified atom stereocenters. The normalized spacial score (nSPS) is 25.9. The van der Waals surface area contributed by atoms with Gasteiger partial charge in [-0.15, -0.1) is 0 Å². The van der Waals surface area contributed by atoms with Crippen LogP contribution in [-0.4, -0.2) is 11.2 Å². The van der Waals surface area contributed by atoms with Gasteiger partial charge in [0.2, 0.25) is 0 Å². The molecule has 0 amide bonds. The molecule has 0 aliphatic heterocycles. The third-order valence-corrected chi connectivity index (χ3v) is 3.37. The Hall–Kier alpha value is -1.03. The predicted molar refractivity (Wildman–Crippen MR) is 58.7 cm³/mol. The second kappa shape index (κ2) is 4.69. The van der Waals surface area contributed by atoms with Crippen LogP contribution in [0.25, 0.3) is 0 Å². The van der Waals surface area contributed by atoms with Gasteiger partial charge in [-0.3, -0.25) is 0 Å². The minimum absolute atomic E-state index is 0.147. The smallest absolute Gasteiger partial charge is 0.392 e. The Kier molecular flexibility index (Phi) is 3.43. The van der Waals surface area contributed by atoms with Crippen LogP contribution in [0.5, 0.6) is 0 Å². The van der Waals surface area contributed by atoms with Gasteiger partial charge in [0.25, 0.3) is 0 Å². The fourth-order valence-electron chi connectivity index (χ4n) is 2.45. The highest BCUT2D eigenvalue weighted by Crippen LogP contribution is 2.36. The first kappa shape index (κ1) is 12.4. The highest BCUT2D eigenvalue weighted by molar-refractivity contribution is 5.29. The first-order valence-electron chi connectivity index (χ1n) is 5.84. The van der Waals surface area contributed by atoms with Gasteiger partial charge in [0.05, 0.1) is 11.7 Å². The summed E-state index contributed by atoms with van der Waals surface area (Å²) in [6, 6.07) is 5.33. The van der Waals surface area contributed by atoms with Gasteiger partial charge in [0.15, 0.2) is 0 Å². The van der Waals surface area contributed by atoms with Gasteiger partial charge in [-0.25, -0.2) is 0 Å². The van der Waals surface area contributed by atoms with Crippen molar-refractivity contribution in [1.29, 1.82) is 0 Å². The van der Waals surface area contributed by atoms with Crippen LogP contribution < -0.4 is 0 Å². The van der Waals surface area contributed by atoms with Crippen LogP contribution in [0.4, 0.5) is 13.2 Å². The summed E-state index contributed by atoms with van der Waals surface area (Å²) in [7, 11) is 0. The van der Waals surface area contributed by atoms with Crippen molar-refractivity contribution < 1.29 is 18.3 Å². The van der Waals surface area contributed by atoms with E-state index in [0.717, 1.165) is 25.3 Å². The molecular weight excluding hydrogens is 229 g/mol. The summed E-state index contributed by atoms with van der Waals surface area (Å²) in [5.74, 6) is -0.147. The topological polar surface area (TPSA) is 20.2 Å². The molecule has 0 radical (unpaired) electrons. The van der Waals surface area contributed by atoms with Crippen molar-refractivity contribution in [3.05, 3.63) is 35.4 Å². The lowest BCUT2D eigenvalue weighted by Crippen LogP contribution is -2.22. The molecule has 1 fully saturated rings. The lowest BCUT2D eigenvalue weighted by Gasteiger charge is -2.28. The van der Waals surface area contributed by atoms with Crippen LogP contribution in [-0.2, 0) is 6.18 Å². The van der Waals surface area contributed by atoms with E-state index < -0.39 is 17.8 Å². The molecule has 0 spiro atoms. The van der Waals surface area contributed by atoms with Crippen molar-refractivity contribution in [2.24, 2.45) is 0 Å². The van der Waals surface area contributed by atoms with Gasteiger partial charge in [-0.1, -0.05) is 31.0 Å². The molecule has 1 N–H and O–H groups in total. The number of aliphatic hydroxyl groups excluding tert-OH is 1. The average Bonchev–Trinajstić information content (AvgIpc) is 2.29. The van der Waals surface area contributed by atoms with Crippen molar-refractivity contribution in [1.82, 2.24) is 0 Å². The zero-order valence-corrected chi connectivity index (χ0v) is 9.37. The fraction of sp³-hybridized carbons (Fsp3) is 0.538. The van der Waals surface area contributed by atoms with Crippen LogP contribution in [0.1, 0.15) is 42.7 Å². The number of halogens is 3. The van der Waals surface area contributed by atoms with Crippen molar-refractivity contribution in [2.75, 3.05) is 0 Å². The molecule has 1 nitrogen and oxygen atoms in total. The average molecular weight is 244 g/mol. The number of rotatable bonds is 1.